The highest BCUT2D eigenvalue weighted by Gasteiger charge is 2.23. The van der Waals surface area contributed by atoms with Crippen LogP contribution in [-0.4, -0.2) is 23.0 Å². The molecular formula is C13H9ClF3N3O2. The average Bonchev–Trinajstić information content (AvgIpc) is 2.50. The van der Waals surface area contributed by atoms with Gasteiger partial charge in [0.1, 0.15) is 16.7 Å². The summed E-state index contributed by atoms with van der Waals surface area (Å²) in [4.78, 5) is 18.9. The summed E-state index contributed by atoms with van der Waals surface area (Å²) >= 11 is 5.76. The number of ether oxygens (including phenoxy) is 1. The molecule has 2 aromatic rings. The molecule has 0 saturated heterocycles. The third kappa shape index (κ3) is 2.57. The Kier molecular flexibility index (Phi) is 4.23. The highest BCUT2D eigenvalue weighted by atomic mass is 35.5. The standard InChI is InChI=1S/C13H9ClF3N3O2/c1-4-6(15)3-5(9(17)8(4)16)12-19-10(13(21)22-2)7(14)11(18)20-12/h3H,1-2H3,(H2,18,19,20). The molecule has 0 atom stereocenters. The molecule has 9 heteroatoms. The van der Waals surface area contributed by atoms with E-state index >= 15 is 0 Å². The van der Waals surface area contributed by atoms with Gasteiger partial charge in [-0.2, -0.15) is 0 Å². The van der Waals surface area contributed by atoms with E-state index in [1.165, 1.54) is 0 Å². The van der Waals surface area contributed by atoms with Crippen LogP contribution in [0.1, 0.15) is 16.1 Å². The molecule has 1 aromatic carbocycles. The fraction of sp³-hybridized carbons (Fsp3) is 0.154. The Hall–Kier alpha value is -2.35. The van der Waals surface area contributed by atoms with Crippen LogP contribution in [0.3, 0.4) is 0 Å². The number of nitrogens with zero attached hydrogens (tertiary/aromatic N) is 2. The van der Waals surface area contributed by atoms with Crippen molar-refractivity contribution in [2.24, 2.45) is 0 Å². The lowest BCUT2D eigenvalue weighted by Crippen LogP contribution is -2.11. The van der Waals surface area contributed by atoms with Gasteiger partial charge in [0.05, 0.1) is 12.7 Å². The third-order valence-corrected chi connectivity index (χ3v) is 3.26. The van der Waals surface area contributed by atoms with Crippen molar-refractivity contribution in [2.75, 3.05) is 12.8 Å². The molecule has 5 nitrogen and oxygen atoms in total. The Balaban J connectivity index is 2.74. The molecule has 0 aliphatic rings. The van der Waals surface area contributed by atoms with Crippen molar-refractivity contribution in [3.05, 3.63) is 39.8 Å². The largest absolute Gasteiger partial charge is 0.464 e. The number of halogens is 4. The molecule has 1 heterocycles. The van der Waals surface area contributed by atoms with Crippen LogP contribution in [0, 0.1) is 24.4 Å². The number of esters is 1. The topological polar surface area (TPSA) is 78.1 Å². The minimum Gasteiger partial charge on any atom is -0.464 e. The zero-order valence-electron chi connectivity index (χ0n) is 11.4. The third-order valence-electron chi connectivity index (χ3n) is 2.88. The Morgan fingerprint density at radius 2 is 1.91 bits per heavy atom. The summed E-state index contributed by atoms with van der Waals surface area (Å²) in [6.45, 7) is 1.08. The van der Waals surface area contributed by atoms with Gasteiger partial charge < -0.3 is 10.5 Å². The van der Waals surface area contributed by atoms with Gasteiger partial charge in [-0.15, -0.1) is 0 Å². The van der Waals surface area contributed by atoms with Crippen molar-refractivity contribution in [1.29, 1.82) is 0 Å². The molecule has 116 valence electrons. The first-order valence-electron chi connectivity index (χ1n) is 5.83. The van der Waals surface area contributed by atoms with Gasteiger partial charge in [-0.3, -0.25) is 0 Å². The molecule has 1 aromatic heterocycles. The second-order valence-corrected chi connectivity index (χ2v) is 4.62. The number of hydrogen-bond acceptors (Lipinski definition) is 5. The number of methoxy groups -OCH3 is 1. The molecule has 0 radical (unpaired) electrons. The Morgan fingerprint density at radius 3 is 2.50 bits per heavy atom. The van der Waals surface area contributed by atoms with E-state index in [0.717, 1.165) is 14.0 Å². The normalized spacial score (nSPS) is 10.6. The number of hydrogen-bond donors (Lipinski definition) is 1. The number of anilines is 1. The molecule has 0 fully saturated rings. The number of nitrogen functional groups attached to an aromatic ring is 1. The van der Waals surface area contributed by atoms with Crippen LogP contribution >= 0.6 is 11.6 Å². The lowest BCUT2D eigenvalue weighted by molar-refractivity contribution is 0.0594. The fourth-order valence-electron chi connectivity index (χ4n) is 1.67. The van der Waals surface area contributed by atoms with Gasteiger partial charge >= 0.3 is 5.97 Å². The minimum atomic E-state index is -1.38. The Morgan fingerprint density at radius 1 is 1.27 bits per heavy atom. The molecular weight excluding hydrogens is 323 g/mol. The van der Waals surface area contributed by atoms with Crippen LogP contribution in [0.4, 0.5) is 19.0 Å². The van der Waals surface area contributed by atoms with Gasteiger partial charge in [-0.1, -0.05) is 11.6 Å². The zero-order chi connectivity index (χ0) is 16.6. The minimum absolute atomic E-state index is 0.302. The Bertz CT molecular complexity index is 784. The van der Waals surface area contributed by atoms with Gasteiger partial charge in [0.25, 0.3) is 0 Å². The smallest absolute Gasteiger partial charge is 0.358 e. The summed E-state index contributed by atoms with van der Waals surface area (Å²) in [6.07, 6.45) is 0. The number of nitrogens with two attached hydrogens (primary N) is 1. The van der Waals surface area contributed by atoms with Gasteiger partial charge in [-0.05, 0) is 13.0 Å². The SMILES string of the molecule is COC(=O)c1nc(-c2cc(F)c(C)c(F)c2F)nc(N)c1Cl. The molecule has 0 spiro atoms. The molecule has 0 unspecified atom stereocenters. The summed E-state index contributed by atoms with van der Waals surface area (Å²) < 4.78 is 45.6. The van der Waals surface area contributed by atoms with Crippen LogP contribution in [0.15, 0.2) is 6.07 Å². The van der Waals surface area contributed by atoms with E-state index in [9.17, 15) is 18.0 Å². The van der Waals surface area contributed by atoms with Gasteiger partial charge in [-0.25, -0.2) is 27.9 Å². The number of aromatic nitrogens is 2. The summed E-state index contributed by atoms with van der Waals surface area (Å²) in [5.74, 6) is -5.53. The van der Waals surface area contributed by atoms with Crippen molar-refractivity contribution in [1.82, 2.24) is 9.97 Å². The Labute approximate surface area is 127 Å². The van der Waals surface area contributed by atoms with Crippen molar-refractivity contribution in [3.8, 4) is 11.4 Å². The maximum Gasteiger partial charge on any atom is 0.358 e. The van der Waals surface area contributed by atoms with Crippen molar-refractivity contribution >= 4 is 23.4 Å². The molecule has 0 saturated carbocycles. The number of rotatable bonds is 2. The second-order valence-electron chi connectivity index (χ2n) is 4.25. The van der Waals surface area contributed by atoms with Crippen molar-refractivity contribution in [3.63, 3.8) is 0 Å². The van der Waals surface area contributed by atoms with Crippen molar-refractivity contribution < 1.29 is 22.7 Å². The first-order valence-corrected chi connectivity index (χ1v) is 6.21. The molecule has 2 N–H and O–H groups in total. The fourth-order valence-corrected chi connectivity index (χ4v) is 1.83. The zero-order valence-corrected chi connectivity index (χ0v) is 12.1. The van der Waals surface area contributed by atoms with E-state index < -0.39 is 46.1 Å². The molecule has 0 aliphatic heterocycles. The first-order chi connectivity index (χ1) is 10.3. The van der Waals surface area contributed by atoms with E-state index in [1.54, 1.807) is 0 Å². The maximum absolute atomic E-state index is 14.0. The van der Waals surface area contributed by atoms with E-state index in [1.807, 2.05) is 0 Å². The van der Waals surface area contributed by atoms with Crippen LogP contribution in [-0.2, 0) is 4.74 Å². The molecule has 22 heavy (non-hydrogen) atoms. The highest BCUT2D eigenvalue weighted by Crippen LogP contribution is 2.29. The lowest BCUT2D eigenvalue weighted by atomic mass is 10.1. The van der Waals surface area contributed by atoms with Crippen LogP contribution in [0.25, 0.3) is 11.4 Å². The maximum atomic E-state index is 14.0. The predicted octanol–water partition coefficient (Wildman–Crippen LogP) is 2.89. The quantitative estimate of drug-likeness (QED) is 0.676. The van der Waals surface area contributed by atoms with Crippen LogP contribution in [0.5, 0.6) is 0 Å². The van der Waals surface area contributed by atoms with Gasteiger partial charge in [0, 0.05) is 5.56 Å². The summed E-state index contributed by atoms with van der Waals surface area (Å²) in [6, 6.07) is 0.706. The van der Waals surface area contributed by atoms with Crippen molar-refractivity contribution in [2.45, 2.75) is 6.92 Å². The van der Waals surface area contributed by atoms with E-state index in [-0.39, 0.29) is 10.8 Å². The number of benzene rings is 1. The predicted molar refractivity (Wildman–Crippen MR) is 72.8 cm³/mol. The average molecular weight is 332 g/mol. The summed E-state index contributed by atoms with van der Waals surface area (Å²) in [7, 11) is 1.07. The molecule has 0 aliphatic carbocycles. The lowest BCUT2D eigenvalue weighted by Gasteiger charge is -2.09. The van der Waals surface area contributed by atoms with E-state index in [2.05, 4.69) is 14.7 Å². The van der Waals surface area contributed by atoms with Crippen LogP contribution in [0.2, 0.25) is 5.02 Å². The molecule has 2 rings (SSSR count). The molecule has 0 amide bonds. The molecule has 0 bridgehead atoms. The van der Waals surface area contributed by atoms with Gasteiger partial charge in [0.2, 0.25) is 0 Å². The highest BCUT2D eigenvalue weighted by molar-refractivity contribution is 6.35. The number of carbonyl (C=O) groups excluding carboxylic acids is 1. The van der Waals surface area contributed by atoms with E-state index in [4.69, 9.17) is 17.3 Å². The second kappa shape index (κ2) is 5.80. The van der Waals surface area contributed by atoms with Crippen LogP contribution < -0.4 is 5.73 Å². The summed E-state index contributed by atoms with van der Waals surface area (Å²) in [5, 5.41) is -0.302. The van der Waals surface area contributed by atoms with E-state index in [0.29, 0.717) is 6.07 Å². The van der Waals surface area contributed by atoms with Gasteiger partial charge in [0.15, 0.2) is 23.2 Å². The summed E-state index contributed by atoms with van der Waals surface area (Å²) in [5.41, 5.74) is 3.99. The monoisotopic (exact) mass is 331 g/mol. The number of carbonyl (C=O) groups is 1. The first kappa shape index (κ1) is 16.0.